The van der Waals surface area contributed by atoms with E-state index in [2.05, 4.69) is 46.0 Å². The summed E-state index contributed by atoms with van der Waals surface area (Å²) in [6.07, 6.45) is 9.19. The van der Waals surface area contributed by atoms with Crippen molar-refractivity contribution >= 4 is 20.1 Å². The predicted octanol–water partition coefficient (Wildman–Crippen LogP) is 8.43. The fourth-order valence-corrected chi connectivity index (χ4v) is 5.22. The number of carbonyl (C=O) groups excluding carboxylic acids is 2. The zero-order chi connectivity index (χ0) is 33.4. The van der Waals surface area contributed by atoms with Crippen LogP contribution in [0.5, 0.6) is 5.75 Å². The molecular formula is C36H62O7Si. The molecule has 0 amide bonds. The van der Waals surface area contributed by atoms with Gasteiger partial charge in [-0.2, -0.15) is 0 Å². The summed E-state index contributed by atoms with van der Waals surface area (Å²) >= 11 is 0. The van der Waals surface area contributed by atoms with Gasteiger partial charge in [-0.3, -0.25) is 9.59 Å². The molecule has 1 rings (SSSR count). The minimum atomic E-state index is -1.92. The van der Waals surface area contributed by atoms with Crippen LogP contribution < -0.4 is 4.74 Å². The molecule has 1 aromatic carbocycles. The van der Waals surface area contributed by atoms with E-state index in [0.29, 0.717) is 32.7 Å². The summed E-state index contributed by atoms with van der Waals surface area (Å²) in [7, 11) is -0.286. The molecule has 3 atom stereocenters. The first-order valence-corrected chi connectivity index (χ1v) is 19.3. The second-order valence-corrected chi connectivity index (χ2v) is 19.4. The Morgan fingerprint density at radius 2 is 1.57 bits per heavy atom. The van der Waals surface area contributed by atoms with Gasteiger partial charge in [0.15, 0.2) is 14.1 Å². The van der Waals surface area contributed by atoms with Crippen molar-refractivity contribution in [1.29, 1.82) is 0 Å². The van der Waals surface area contributed by atoms with Gasteiger partial charge in [0.25, 0.3) is 0 Å². The number of ketones is 1. The highest BCUT2D eigenvalue weighted by Gasteiger charge is 2.37. The van der Waals surface area contributed by atoms with Gasteiger partial charge in [0.1, 0.15) is 11.9 Å². The number of ether oxygens (including phenoxy) is 3. The van der Waals surface area contributed by atoms with Gasteiger partial charge in [-0.1, -0.05) is 64.8 Å². The van der Waals surface area contributed by atoms with Gasteiger partial charge in [-0.15, -0.1) is 0 Å². The molecule has 0 aliphatic carbocycles. The minimum absolute atomic E-state index is 0.101. The maximum absolute atomic E-state index is 13.1. The molecule has 1 N–H and O–H groups in total. The van der Waals surface area contributed by atoms with Crippen LogP contribution in [0.25, 0.3) is 0 Å². The molecule has 0 bridgehead atoms. The van der Waals surface area contributed by atoms with Crippen LogP contribution in [-0.2, 0) is 30.1 Å². The molecule has 0 aliphatic rings. The van der Waals surface area contributed by atoms with E-state index in [1.54, 1.807) is 7.11 Å². The van der Waals surface area contributed by atoms with E-state index in [1.165, 1.54) is 0 Å². The van der Waals surface area contributed by atoms with E-state index in [-0.39, 0.29) is 35.2 Å². The number of methoxy groups -OCH3 is 1. The van der Waals surface area contributed by atoms with Crippen molar-refractivity contribution in [3.8, 4) is 5.75 Å². The first kappa shape index (κ1) is 40.0. The molecule has 252 valence electrons. The molecule has 0 saturated heterocycles. The minimum Gasteiger partial charge on any atom is -0.497 e. The van der Waals surface area contributed by atoms with Crippen molar-refractivity contribution in [2.24, 2.45) is 11.3 Å². The zero-order valence-corrected chi connectivity index (χ0v) is 30.4. The van der Waals surface area contributed by atoms with Crippen molar-refractivity contribution in [2.75, 3.05) is 20.3 Å². The van der Waals surface area contributed by atoms with Crippen LogP contribution in [-0.4, -0.2) is 57.7 Å². The summed E-state index contributed by atoms with van der Waals surface area (Å²) in [4.78, 5) is 24.9. The first-order valence-electron chi connectivity index (χ1n) is 16.4. The highest BCUT2D eigenvalue weighted by molar-refractivity contribution is 6.74. The number of allylic oxidation sites excluding steroid dienone is 2. The van der Waals surface area contributed by atoms with E-state index in [1.807, 2.05) is 52.0 Å². The molecule has 0 aliphatic heterocycles. The van der Waals surface area contributed by atoms with Crippen LogP contribution in [0.15, 0.2) is 36.4 Å². The quantitative estimate of drug-likeness (QED) is 0.0628. The maximum Gasteiger partial charge on any atom is 0.311 e. The normalized spacial score (nSPS) is 14.8. The second kappa shape index (κ2) is 19.5. The van der Waals surface area contributed by atoms with Gasteiger partial charge < -0.3 is 23.7 Å². The van der Waals surface area contributed by atoms with E-state index in [9.17, 15) is 14.7 Å². The number of hydrogen-bond acceptors (Lipinski definition) is 7. The molecule has 0 radical (unpaired) electrons. The molecule has 0 saturated carbocycles. The lowest BCUT2D eigenvalue weighted by Crippen LogP contribution is -2.41. The average molecular weight is 635 g/mol. The first-order chi connectivity index (χ1) is 20.5. The van der Waals surface area contributed by atoms with Crippen molar-refractivity contribution < 1.29 is 33.3 Å². The van der Waals surface area contributed by atoms with E-state index in [0.717, 1.165) is 43.4 Å². The Balaban J connectivity index is 2.53. The largest absolute Gasteiger partial charge is 0.497 e. The van der Waals surface area contributed by atoms with Crippen LogP contribution in [0, 0.1) is 11.3 Å². The molecule has 0 aromatic heterocycles. The Labute approximate surface area is 269 Å². The van der Waals surface area contributed by atoms with Crippen LogP contribution in [0.1, 0.15) is 105 Å². The number of aliphatic hydroxyl groups is 1. The van der Waals surface area contributed by atoms with Crippen LogP contribution in [0.2, 0.25) is 18.1 Å². The summed E-state index contributed by atoms with van der Waals surface area (Å²) in [5.74, 6) is 0.264. The number of aliphatic hydroxyl groups excluding tert-OH is 1. The molecule has 0 spiro atoms. The third-order valence-corrected chi connectivity index (χ3v) is 13.0. The Morgan fingerprint density at radius 3 is 2.16 bits per heavy atom. The number of benzene rings is 1. The lowest BCUT2D eigenvalue weighted by Gasteiger charge is -2.36. The molecule has 44 heavy (non-hydrogen) atoms. The SMILES string of the molecule is COc1ccc(CO[C@@H](CCO[Si](C)(C)C(C)(C)C)CC(=O)[C@H](O)[C@@H](C)C/C=C/CCCCCCOC(=O)C(C)(C)C)cc1. The van der Waals surface area contributed by atoms with E-state index >= 15 is 0 Å². The number of hydrogen-bond donors (Lipinski definition) is 1. The predicted molar refractivity (Wildman–Crippen MR) is 181 cm³/mol. The Kier molecular flexibility index (Phi) is 17.7. The number of rotatable bonds is 21. The molecule has 1 aromatic rings. The van der Waals surface area contributed by atoms with Gasteiger partial charge >= 0.3 is 5.97 Å². The van der Waals surface area contributed by atoms with Crippen LogP contribution in [0.4, 0.5) is 0 Å². The van der Waals surface area contributed by atoms with Crippen molar-refractivity contribution in [2.45, 2.75) is 137 Å². The van der Waals surface area contributed by atoms with Gasteiger partial charge in [-0.05, 0) is 94.6 Å². The Hall–Kier alpha value is -2.00. The van der Waals surface area contributed by atoms with Gasteiger partial charge in [-0.25, -0.2) is 0 Å². The fourth-order valence-electron chi connectivity index (χ4n) is 4.16. The summed E-state index contributed by atoms with van der Waals surface area (Å²) in [6, 6.07) is 7.70. The third-order valence-electron chi connectivity index (χ3n) is 8.44. The van der Waals surface area contributed by atoms with Gasteiger partial charge in [0.2, 0.25) is 0 Å². The van der Waals surface area contributed by atoms with Gasteiger partial charge in [0, 0.05) is 13.0 Å². The average Bonchev–Trinajstić information content (AvgIpc) is 2.95. The van der Waals surface area contributed by atoms with Crippen molar-refractivity contribution in [3.63, 3.8) is 0 Å². The molecule has 0 fully saturated rings. The lowest BCUT2D eigenvalue weighted by molar-refractivity contribution is -0.153. The monoisotopic (exact) mass is 634 g/mol. The maximum atomic E-state index is 13.1. The smallest absolute Gasteiger partial charge is 0.311 e. The number of esters is 1. The number of carbonyl (C=O) groups is 2. The number of Topliss-reactive ketones (excluding diaryl/α,β-unsaturated/α-hetero) is 1. The summed E-state index contributed by atoms with van der Waals surface area (Å²) in [5.41, 5.74) is 0.545. The standard InChI is InChI=1S/C36H62O7Si/c1-28(18-16-14-12-11-13-15-17-24-41-34(39)35(2,3)4)33(38)32(37)26-31(23-25-43-44(9,10)36(5,6)7)42-27-29-19-21-30(40-8)22-20-29/h14,16,19-22,28,31,33,38H,11-13,15,17-18,23-27H2,1-10H3/b16-14+/t28-,31-,33+/m0/s1. The van der Waals surface area contributed by atoms with Crippen LogP contribution in [0.3, 0.4) is 0 Å². The fraction of sp³-hybridized carbons (Fsp3) is 0.722. The number of unbranched alkanes of at least 4 members (excludes halogenated alkanes) is 4. The van der Waals surface area contributed by atoms with Crippen molar-refractivity contribution in [3.05, 3.63) is 42.0 Å². The van der Waals surface area contributed by atoms with Crippen LogP contribution >= 0.6 is 0 Å². The van der Waals surface area contributed by atoms with E-state index < -0.39 is 19.8 Å². The molecular weight excluding hydrogens is 572 g/mol. The topological polar surface area (TPSA) is 91.3 Å². The summed E-state index contributed by atoms with van der Waals surface area (Å²) < 4.78 is 23.1. The molecule has 0 unspecified atom stereocenters. The lowest BCUT2D eigenvalue weighted by atomic mass is 9.94. The Bertz CT molecular complexity index is 989. The molecule has 8 heteroatoms. The Morgan fingerprint density at radius 1 is 0.932 bits per heavy atom. The zero-order valence-electron chi connectivity index (χ0n) is 29.4. The van der Waals surface area contributed by atoms with E-state index in [4.69, 9.17) is 18.6 Å². The molecule has 7 nitrogen and oxygen atoms in total. The summed E-state index contributed by atoms with van der Waals surface area (Å²) in [5, 5.41) is 10.9. The molecule has 0 heterocycles. The van der Waals surface area contributed by atoms with Crippen molar-refractivity contribution in [1.82, 2.24) is 0 Å². The summed E-state index contributed by atoms with van der Waals surface area (Å²) in [6.45, 7) is 19.9. The second-order valence-electron chi connectivity index (χ2n) is 14.6. The van der Waals surface area contributed by atoms with Gasteiger partial charge in [0.05, 0.1) is 31.8 Å². The highest BCUT2D eigenvalue weighted by Crippen LogP contribution is 2.36. The third kappa shape index (κ3) is 15.8. The highest BCUT2D eigenvalue weighted by atomic mass is 28.4.